The number of nitrogens with one attached hydrogen (secondary N) is 3. The molecule has 0 unspecified atom stereocenters. The fourth-order valence-electron chi connectivity index (χ4n) is 2.73. The highest BCUT2D eigenvalue weighted by atomic mass is 32.2. The lowest BCUT2D eigenvalue weighted by Crippen LogP contribution is -2.21. The van der Waals surface area contributed by atoms with Gasteiger partial charge in [-0.2, -0.15) is 36.6 Å². The topological polar surface area (TPSA) is 95.0 Å². The SMILES string of the molecule is O=S(=O)(Nc1ccc(N=Nc2ccc(NCC(F)(F)F)cc2)cc1)c1ccc(NCC(F)(F)F)cc1. The van der Waals surface area contributed by atoms with Crippen LogP contribution in [0.3, 0.4) is 0 Å². The molecule has 0 atom stereocenters. The molecule has 0 saturated heterocycles. The van der Waals surface area contributed by atoms with E-state index < -0.39 is 35.5 Å². The second kappa shape index (κ2) is 10.8. The second-order valence-corrected chi connectivity index (χ2v) is 9.04. The number of azo groups is 1. The van der Waals surface area contributed by atoms with Gasteiger partial charge >= 0.3 is 12.4 Å². The molecule has 0 spiro atoms. The molecule has 3 rings (SSSR count). The standard InChI is InChI=1S/C22H19F6N5O2S/c23-21(24,25)13-29-15-1-3-17(4-2-15)31-32-18-5-7-19(8-6-18)33-36(34,35)20-11-9-16(10-12-20)30-14-22(26,27)28/h1-12,29-30,33H,13-14H2. The van der Waals surface area contributed by atoms with Gasteiger partial charge in [0.05, 0.1) is 16.3 Å². The van der Waals surface area contributed by atoms with Gasteiger partial charge in [-0.3, -0.25) is 4.72 Å². The minimum Gasteiger partial charge on any atom is -0.376 e. The zero-order valence-corrected chi connectivity index (χ0v) is 19.0. The van der Waals surface area contributed by atoms with E-state index in [-0.39, 0.29) is 22.0 Å². The van der Waals surface area contributed by atoms with E-state index in [2.05, 4.69) is 25.6 Å². The molecule has 3 aromatic carbocycles. The minimum absolute atomic E-state index is 0.119. The molecule has 0 bridgehead atoms. The molecule has 3 N–H and O–H groups in total. The van der Waals surface area contributed by atoms with Gasteiger partial charge in [-0.1, -0.05) is 0 Å². The lowest BCUT2D eigenvalue weighted by atomic mass is 10.3. The van der Waals surface area contributed by atoms with Gasteiger partial charge in [0, 0.05) is 17.1 Å². The van der Waals surface area contributed by atoms with Crippen LogP contribution in [0.25, 0.3) is 0 Å². The fraction of sp³-hybridized carbons (Fsp3) is 0.182. The van der Waals surface area contributed by atoms with Gasteiger partial charge in [0.1, 0.15) is 13.1 Å². The van der Waals surface area contributed by atoms with Gasteiger partial charge in [0.2, 0.25) is 0 Å². The highest BCUT2D eigenvalue weighted by Crippen LogP contribution is 2.24. The Hall–Kier alpha value is -3.81. The Bertz CT molecular complexity index is 1270. The van der Waals surface area contributed by atoms with E-state index >= 15 is 0 Å². The number of rotatable bonds is 9. The van der Waals surface area contributed by atoms with E-state index in [0.717, 1.165) is 0 Å². The Morgan fingerprint density at radius 1 is 0.583 bits per heavy atom. The largest absolute Gasteiger partial charge is 0.405 e. The first kappa shape index (κ1) is 26.8. The molecule has 0 fully saturated rings. The van der Waals surface area contributed by atoms with Crippen LogP contribution in [0, 0.1) is 0 Å². The number of benzene rings is 3. The van der Waals surface area contributed by atoms with E-state index in [4.69, 9.17) is 0 Å². The van der Waals surface area contributed by atoms with Crippen LogP contribution in [0.2, 0.25) is 0 Å². The normalized spacial score (nSPS) is 12.5. The Balaban J connectivity index is 1.58. The zero-order chi connectivity index (χ0) is 26.4. The van der Waals surface area contributed by atoms with Crippen molar-refractivity contribution in [3.8, 4) is 0 Å². The number of anilines is 3. The van der Waals surface area contributed by atoms with Gasteiger partial charge in [-0.05, 0) is 72.8 Å². The van der Waals surface area contributed by atoms with Crippen LogP contribution in [0.4, 0.5) is 54.8 Å². The maximum absolute atomic E-state index is 12.5. The van der Waals surface area contributed by atoms with Crippen molar-refractivity contribution >= 4 is 38.5 Å². The Morgan fingerprint density at radius 2 is 0.944 bits per heavy atom. The summed E-state index contributed by atoms with van der Waals surface area (Å²) in [6, 6.07) is 16.5. The molecular weight excluding hydrogens is 512 g/mol. The molecule has 0 radical (unpaired) electrons. The number of hydrogen-bond donors (Lipinski definition) is 3. The van der Waals surface area contributed by atoms with Crippen molar-refractivity contribution in [1.29, 1.82) is 0 Å². The van der Waals surface area contributed by atoms with E-state index in [1.54, 1.807) is 0 Å². The number of halogens is 6. The molecule has 192 valence electrons. The van der Waals surface area contributed by atoms with E-state index in [9.17, 15) is 34.8 Å². The summed E-state index contributed by atoms with van der Waals surface area (Å²) in [5.41, 5.74) is 1.39. The smallest absolute Gasteiger partial charge is 0.376 e. The molecule has 0 aliphatic carbocycles. The quantitative estimate of drug-likeness (QED) is 0.208. The third-order valence-corrected chi connectivity index (χ3v) is 5.82. The van der Waals surface area contributed by atoms with Crippen LogP contribution < -0.4 is 15.4 Å². The molecule has 14 heteroatoms. The van der Waals surface area contributed by atoms with Gasteiger partial charge in [0.25, 0.3) is 10.0 Å². The summed E-state index contributed by atoms with van der Waals surface area (Å²) in [5.74, 6) is 0. The van der Waals surface area contributed by atoms with Crippen LogP contribution in [-0.4, -0.2) is 33.9 Å². The van der Waals surface area contributed by atoms with Gasteiger partial charge in [-0.15, -0.1) is 0 Å². The summed E-state index contributed by atoms with van der Waals surface area (Å²) < 4.78 is 101. The first-order valence-corrected chi connectivity index (χ1v) is 11.6. The predicted molar refractivity (Wildman–Crippen MR) is 123 cm³/mol. The Labute approximate surface area is 202 Å². The van der Waals surface area contributed by atoms with Crippen LogP contribution in [0.5, 0.6) is 0 Å². The molecule has 7 nitrogen and oxygen atoms in total. The lowest BCUT2D eigenvalue weighted by molar-refractivity contribution is -0.116. The molecule has 36 heavy (non-hydrogen) atoms. The van der Waals surface area contributed by atoms with E-state index in [0.29, 0.717) is 11.4 Å². The number of nitrogens with zero attached hydrogens (tertiary/aromatic N) is 2. The van der Waals surface area contributed by atoms with Crippen molar-refractivity contribution in [2.45, 2.75) is 17.2 Å². The first-order valence-electron chi connectivity index (χ1n) is 10.2. The molecule has 0 amide bonds. The number of hydrogen-bond acceptors (Lipinski definition) is 6. The lowest BCUT2D eigenvalue weighted by Gasteiger charge is -2.11. The maximum Gasteiger partial charge on any atom is 0.405 e. The van der Waals surface area contributed by atoms with Crippen molar-refractivity contribution < 1.29 is 34.8 Å². The maximum atomic E-state index is 12.5. The third kappa shape index (κ3) is 8.76. The first-order chi connectivity index (χ1) is 16.8. The van der Waals surface area contributed by atoms with Crippen molar-refractivity contribution in [3.63, 3.8) is 0 Å². The summed E-state index contributed by atoms with van der Waals surface area (Å²) in [5, 5.41) is 12.4. The van der Waals surface area contributed by atoms with Crippen LogP contribution in [-0.2, 0) is 10.0 Å². The van der Waals surface area contributed by atoms with Gasteiger partial charge < -0.3 is 10.6 Å². The van der Waals surface area contributed by atoms with Crippen molar-refractivity contribution in [2.75, 3.05) is 28.4 Å². The zero-order valence-electron chi connectivity index (χ0n) is 18.2. The van der Waals surface area contributed by atoms with Crippen molar-refractivity contribution in [2.24, 2.45) is 10.2 Å². The molecule has 0 saturated carbocycles. The molecule has 0 aliphatic heterocycles. The van der Waals surface area contributed by atoms with Gasteiger partial charge in [0.15, 0.2) is 0 Å². The fourth-order valence-corrected chi connectivity index (χ4v) is 3.79. The minimum atomic E-state index is -4.40. The molecule has 3 aromatic rings. The molecule has 0 heterocycles. The van der Waals surface area contributed by atoms with Gasteiger partial charge in [-0.25, -0.2) is 8.42 Å². The Kier molecular flexibility index (Phi) is 8.07. The Morgan fingerprint density at radius 3 is 1.33 bits per heavy atom. The van der Waals surface area contributed by atoms with Crippen LogP contribution in [0.15, 0.2) is 87.9 Å². The van der Waals surface area contributed by atoms with Crippen molar-refractivity contribution in [3.05, 3.63) is 72.8 Å². The average Bonchev–Trinajstić information content (AvgIpc) is 2.81. The summed E-state index contributed by atoms with van der Waals surface area (Å²) in [4.78, 5) is -0.142. The third-order valence-electron chi connectivity index (χ3n) is 4.42. The van der Waals surface area contributed by atoms with E-state index in [1.165, 1.54) is 72.8 Å². The number of sulfonamides is 1. The summed E-state index contributed by atoms with van der Waals surface area (Å²) in [6.45, 7) is -2.40. The number of alkyl halides is 6. The van der Waals surface area contributed by atoms with Crippen molar-refractivity contribution in [1.82, 2.24) is 0 Å². The predicted octanol–water partition coefficient (Wildman–Crippen LogP) is 6.85. The van der Waals surface area contributed by atoms with Crippen LogP contribution >= 0.6 is 0 Å². The summed E-state index contributed by atoms with van der Waals surface area (Å²) >= 11 is 0. The second-order valence-electron chi connectivity index (χ2n) is 7.36. The van der Waals surface area contributed by atoms with E-state index in [1.807, 2.05) is 0 Å². The monoisotopic (exact) mass is 531 g/mol. The highest BCUT2D eigenvalue weighted by Gasteiger charge is 2.27. The average molecular weight is 531 g/mol. The highest BCUT2D eigenvalue weighted by molar-refractivity contribution is 7.92. The summed E-state index contributed by atoms with van der Waals surface area (Å²) in [7, 11) is -3.99. The van der Waals surface area contributed by atoms with Crippen LogP contribution in [0.1, 0.15) is 0 Å². The molecular formula is C22H19F6N5O2S. The molecule has 0 aromatic heterocycles. The molecule has 0 aliphatic rings. The summed E-state index contributed by atoms with van der Waals surface area (Å²) in [6.07, 6.45) is -8.74.